The molecule has 0 bridgehead atoms. The number of likely N-dealkylation sites (N-methyl/N-ethyl adjacent to an activating group) is 1. The number of hydrogen-bond donors (Lipinski definition) is 4. The molecule has 0 spiro atoms. The van der Waals surface area contributed by atoms with Gasteiger partial charge in [-0.05, 0) is 20.4 Å². The fourth-order valence-corrected chi connectivity index (χ4v) is 4.29. The maximum atomic E-state index is 11.0. The van der Waals surface area contributed by atoms with Crippen molar-refractivity contribution >= 4 is 0 Å². The second kappa shape index (κ2) is 6.77. The highest BCUT2D eigenvalue weighted by Crippen LogP contribution is 2.44. The molecule has 1 aliphatic carbocycles. The summed E-state index contributed by atoms with van der Waals surface area (Å²) in [5.41, 5.74) is 0. The average molecular weight is 347 g/mol. The molecule has 3 aliphatic rings. The summed E-state index contributed by atoms with van der Waals surface area (Å²) < 4.78 is 23.0. The number of fused-ring (bicyclic) bond motifs is 2. The van der Waals surface area contributed by atoms with Gasteiger partial charge in [-0.3, -0.25) is 0 Å². The van der Waals surface area contributed by atoms with Gasteiger partial charge < -0.3 is 39.6 Å². The molecule has 4 unspecified atom stereocenters. The molecule has 0 aromatic heterocycles. The summed E-state index contributed by atoms with van der Waals surface area (Å²) in [6.07, 6.45) is -3.95. The van der Waals surface area contributed by atoms with E-state index in [2.05, 4.69) is 5.32 Å². The Morgan fingerprint density at radius 3 is 2.50 bits per heavy atom. The summed E-state index contributed by atoms with van der Waals surface area (Å²) in [6.45, 7) is 3.78. The van der Waals surface area contributed by atoms with Gasteiger partial charge in [0.05, 0.1) is 24.4 Å². The molecule has 0 aromatic carbocycles. The molecule has 2 heterocycles. The molecule has 0 aromatic rings. The van der Waals surface area contributed by atoms with Gasteiger partial charge in [0.25, 0.3) is 0 Å². The Hall–Kier alpha value is -0.320. The number of methoxy groups -OCH3 is 1. The molecule has 24 heavy (non-hydrogen) atoms. The minimum atomic E-state index is -1.78. The van der Waals surface area contributed by atoms with Crippen LogP contribution in [0, 0.1) is 5.92 Å². The lowest BCUT2D eigenvalue weighted by Crippen LogP contribution is -2.76. The van der Waals surface area contributed by atoms with E-state index in [1.54, 1.807) is 7.05 Å². The molecule has 8 heteroatoms. The summed E-state index contributed by atoms with van der Waals surface area (Å²) in [4.78, 5) is 0. The third-order valence-corrected chi connectivity index (χ3v) is 5.66. The Labute approximate surface area is 142 Å². The summed E-state index contributed by atoms with van der Waals surface area (Å²) in [5, 5.41) is 35.3. The minimum Gasteiger partial charge on any atom is -0.391 e. The molecule has 1 saturated carbocycles. The fraction of sp³-hybridized carbons (Fsp3) is 1.00. The first-order valence-electron chi connectivity index (χ1n) is 8.64. The van der Waals surface area contributed by atoms with Crippen LogP contribution in [0.25, 0.3) is 0 Å². The monoisotopic (exact) mass is 347 g/mol. The normalized spacial score (nSPS) is 54.9. The zero-order valence-electron chi connectivity index (χ0n) is 14.6. The van der Waals surface area contributed by atoms with Gasteiger partial charge in [-0.1, -0.05) is 6.92 Å². The van der Waals surface area contributed by atoms with Crippen molar-refractivity contribution in [3.05, 3.63) is 0 Å². The van der Waals surface area contributed by atoms with Gasteiger partial charge in [0, 0.05) is 19.4 Å². The Bertz CT molecular complexity index is 452. The molecule has 0 radical (unpaired) electrons. The van der Waals surface area contributed by atoms with Crippen molar-refractivity contribution in [2.45, 2.75) is 81.4 Å². The van der Waals surface area contributed by atoms with Crippen LogP contribution in [0.1, 0.15) is 26.7 Å². The van der Waals surface area contributed by atoms with Crippen LogP contribution in [0.2, 0.25) is 0 Å². The van der Waals surface area contributed by atoms with E-state index in [4.69, 9.17) is 18.9 Å². The molecule has 3 fully saturated rings. The van der Waals surface area contributed by atoms with E-state index in [0.29, 0.717) is 12.8 Å². The summed E-state index contributed by atoms with van der Waals surface area (Å²) >= 11 is 0. The van der Waals surface area contributed by atoms with E-state index < -0.39 is 48.6 Å². The quantitative estimate of drug-likeness (QED) is 0.512. The van der Waals surface area contributed by atoms with Crippen molar-refractivity contribution in [2.24, 2.45) is 5.92 Å². The van der Waals surface area contributed by atoms with Crippen LogP contribution >= 0.6 is 0 Å². The van der Waals surface area contributed by atoms with Gasteiger partial charge in [-0.2, -0.15) is 0 Å². The summed E-state index contributed by atoms with van der Waals surface area (Å²) in [7, 11) is 3.21. The number of aliphatic hydroxyl groups is 3. The third-order valence-electron chi connectivity index (χ3n) is 5.66. The third kappa shape index (κ3) is 2.69. The Kier molecular flexibility index (Phi) is 5.21. The molecule has 3 rings (SSSR count). The van der Waals surface area contributed by atoms with Crippen LogP contribution in [-0.4, -0.2) is 84.2 Å². The first kappa shape index (κ1) is 18.5. The van der Waals surface area contributed by atoms with E-state index in [1.165, 1.54) is 7.11 Å². The maximum Gasteiger partial charge on any atom is 0.245 e. The van der Waals surface area contributed by atoms with Crippen molar-refractivity contribution in [2.75, 3.05) is 14.2 Å². The largest absolute Gasteiger partial charge is 0.391 e. The fourth-order valence-electron chi connectivity index (χ4n) is 4.29. The minimum absolute atomic E-state index is 0.172. The van der Waals surface area contributed by atoms with Crippen LogP contribution in [0.15, 0.2) is 0 Å². The number of nitrogens with one attached hydrogen (secondary N) is 1. The van der Waals surface area contributed by atoms with Crippen molar-refractivity contribution in [1.82, 2.24) is 5.32 Å². The molecular formula is C16H29NO7. The van der Waals surface area contributed by atoms with Crippen LogP contribution in [0.5, 0.6) is 0 Å². The SMILES string of the molecule is CC[C@@H]1[C@H](O)[C@H](NC)C2O[C@@]3(O)C(OC)C[C@@H](C)OC3OC2[C@H]1O. The van der Waals surface area contributed by atoms with Crippen molar-refractivity contribution in [3.63, 3.8) is 0 Å². The van der Waals surface area contributed by atoms with Crippen molar-refractivity contribution < 1.29 is 34.3 Å². The van der Waals surface area contributed by atoms with Gasteiger partial charge in [0.1, 0.15) is 18.3 Å². The number of aliphatic hydroxyl groups excluding tert-OH is 2. The number of ether oxygens (including phenoxy) is 4. The molecule has 4 N–H and O–H groups in total. The Morgan fingerprint density at radius 2 is 1.92 bits per heavy atom. The molecule has 10 atom stereocenters. The highest BCUT2D eigenvalue weighted by molar-refractivity contribution is 5.07. The Morgan fingerprint density at radius 1 is 1.21 bits per heavy atom. The topological polar surface area (TPSA) is 110 Å². The van der Waals surface area contributed by atoms with Gasteiger partial charge >= 0.3 is 0 Å². The lowest BCUT2D eigenvalue weighted by Gasteiger charge is -2.57. The standard InChI is InChI=1S/C16H29NO7/c1-5-8-11(18)10(17-3)13-14(12(8)19)23-15-16(20,24-13)9(21-4)6-7(2)22-15/h7-15,17-20H,5-6H2,1-4H3/t7-,8-,9?,10+,11+,12+,13?,14?,15?,16+/m1/s1. The molecular weight excluding hydrogens is 318 g/mol. The van der Waals surface area contributed by atoms with Gasteiger partial charge in [-0.15, -0.1) is 0 Å². The summed E-state index contributed by atoms with van der Waals surface area (Å²) in [5.74, 6) is -2.13. The highest BCUT2D eigenvalue weighted by Gasteiger charge is 2.63. The van der Waals surface area contributed by atoms with E-state index in [1.807, 2.05) is 13.8 Å². The second-order valence-corrected chi connectivity index (χ2v) is 7.04. The first-order chi connectivity index (χ1) is 11.4. The summed E-state index contributed by atoms with van der Waals surface area (Å²) in [6, 6.07) is -0.481. The lowest BCUT2D eigenvalue weighted by atomic mass is 9.75. The molecule has 0 amide bonds. The zero-order valence-corrected chi connectivity index (χ0v) is 14.6. The predicted molar refractivity (Wildman–Crippen MR) is 83.1 cm³/mol. The Balaban J connectivity index is 1.92. The molecule has 140 valence electrons. The predicted octanol–water partition coefficient (Wildman–Crippen LogP) is -1.04. The van der Waals surface area contributed by atoms with Crippen LogP contribution in [0.4, 0.5) is 0 Å². The van der Waals surface area contributed by atoms with E-state index in [9.17, 15) is 15.3 Å². The van der Waals surface area contributed by atoms with Crippen molar-refractivity contribution in [3.8, 4) is 0 Å². The smallest absolute Gasteiger partial charge is 0.245 e. The van der Waals surface area contributed by atoms with Gasteiger partial charge in [0.2, 0.25) is 12.1 Å². The van der Waals surface area contributed by atoms with Crippen LogP contribution in [-0.2, 0) is 18.9 Å². The van der Waals surface area contributed by atoms with E-state index in [0.717, 1.165) is 0 Å². The van der Waals surface area contributed by atoms with Crippen LogP contribution < -0.4 is 5.32 Å². The highest BCUT2D eigenvalue weighted by atomic mass is 16.8. The second-order valence-electron chi connectivity index (χ2n) is 7.04. The molecule has 2 saturated heterocycles. The van der Waals surface area contributed by atoms with Gasteiger partial charge in [0.15, 0.2) is 0 Å². The van der Waals surface area contributed by atoms with Gasteiger partial charge in [-0.25, -0.2) is 0 Å². The van der Waals surface area contributed by atoms with Crippen LogP contribution in [0.3, 0.4) is 0 Å². The molecule has 2 aliphatic heterocycles. The molecule has 8 nitrogen and oxygen atoms in total. The van der Waals surface area contributed by atoms with E-state index in [-0.39, 0.29) is 12.0 Å². The number of hydrogen-bond acceptors (Lipinski definition) is 8. The lowest BCUT2D eigenvalue weighted by molar-refractivity contribution is -0.465. The van der Waals surface area contributed by atoms with Crippen molar-refractivity contribution in [1.29, 1.82) is 0 Å². The maximum absolute atomic E-state index is 11.0. The average Bonchev–Trinajstić information content (AvgIpc) is 2.54. The van der Waals surface area contributed by atoms with E-state index >= 15 is 0 Å². The zero-order chi connectivity index (χ0) is 17.6. The number of rotatable bonds is 3. The first-order valence-corrected chi connectivity index (χ1v) is 8.64.